The predicted molar refractivity (Wildman–Crippen MR) is 148 cm³/mol. The molecule has 1 N–H and O–H groups in total. The molecule has 45 heavy (non-hydrogen) atoms. The third-order valence-corrected chi connectivity index (χ3v) is 8.10. The van der Waals surface area contributed by atoms with Crippen LogP contribution in [0.3, 0.4) is 0 Å². The highest BCUT2D eigenvalue weighted by Gasteiger charge is 2.37. The lowest BCUT2D eigenvalue weighted by Gasteiger charge is -2.16. The van der Waals surface area contributed by atoms with E-state index in [-0.39, 0.29) is 51.1 Å². The van der Waals surface area contributed by atoms with Gasteiger partial charge in [0.25, 0.3) is 0 Å². The number of nitrogens with zero attached hydrogens (tertiary/aromatic N) is 3. The quantitative estimate of drug-likeness (QED) is 0.190. The summed E-state index contributed by atoms with van der Waals surface area (Å²) in [7, 11) is -4.04. The van der Waals surface area contributed by atoms with Gasteiger partial charge in [-0.25, -0.2) is 22.8 Å². The van der Waals surface area contributed by atoms with Gasteiger partial charge in [-0.1, -0.05) is 24.3 Å². The van der Waals surface area contributed by atoms with Gasteiger partial charge in [0.2, 0.25) is 0 Å². The van der Waals surface area contributed by atoms with Crippen molar-refractivity contribution in [3.63, 3.8) is 0 Å². The van der Waals surface area contributed by atoms with Crippen molar-refractivity contribution in [3.8, 4) is 39.4 Å². The van der Waals surface area contributed by atoms with Crippen LogP contribution in [0.25, 0.3) is 39.4 Å². The molecule has 0 atom stereocenters. The van der Waals surface area contributed by atoms with Crippen LogP contribution in [0.2, 0.25) is 0 Å². The standard InChI is InChI=1S/C30H22F7N3O4S/c1-15-38-26(30(35,36)37)13-40(15)24-9-8-17(18-11-23(31)21(14-41)25(12-18)45(3,42)43)10-20(24)28-27(39-16(2)44-28)19-6-4-5-7-22(19)29(32,33)34/h4-13,41H,14H2,1-3H3. The molecule has 15 heteroatoms. The summed E-state index contributed by atoms with van der Waals surface area (Å²) in [6, 6.07) is 10.6. The van der Waals surface area contributed by atoms with E-state index in [4.69, 9.17) is 4.42 Å². The Hall–Kier alpha value is -4.50. The fraction of sp³-hybridized carbons (Fsp3) is 0.200. The number of aromatic nitrogens is 3. The number of imidazole rings is 1. The van der Waals surface area contributed by atoms with Gasteiger partial charge in [-0.2, -0.15) is 26.3 Å². The second-order valence-corrected chi connectivity index (χ2v) is 12.1. The van der Waals surface area contributed by atoms with Crippen LogP contribution in [0, 0.1) is 19.7 Å². The fourth-order valence-electron chi connectivity index (χ4n) is 4.95. The lowest BCUT2D eigenvalue weighted by molar-refractivity contribution is -0.141. The summed E-state index contributed by atoms with van der Waals surface area (Å²) in [6.07, 6.45) is -8.09. The summed E-state index contributed by atoms with van der Waals surface area (Å²) in [4.78, 5) is 7.26. The first-order chi connectivity index (χ1) is 20.9. The first kappa shape index (κ1) is 31.9. The molecule has 0 saturated heterocycles. The number of aliphatic hydroxyl groups excluding tert-OH is 1. The molecule has 5 rings (SSSR count). The van der Waals surface area contributed by atoms with Crippen molar-refractivity contribution in [2.24, 2.45) is 0 Å². The Balaban J connectivity index is 1.84. The first-order valence-corrected chi connectivity index (χ1v) is 14.8. The fourth-order valence-corrected chi connectivity index (χ4v) is 5.90. The minimum Gasteiger partial charge on any atom is -0.440 e. The van der Waals surface area contributed by atoms with Crippen molar-refractivity contribution < 1.29 is 48.7 Å². The molecule has 236 valence electrons. The Morgan fingerprint density at radius 1 is 0.889 bits per heavy atom. The molecule has 0 unspecified atom stereocenters. The highest BCUT2D eigenvalue weighted by atomic mass is 32.2. The number of rotatable bonds is 6. The lowest BCUT2D eigenvalue weighted by atomic mass is 9.96. The molecule has 0 radical (unpaired) electrons. The van der Waals surface area contributed by atoms with Crippen molar-refractivity contribution in [2.45, 2.75) is 37.7 Å². The van der Waals surface area contributed by atoms with Gasteiger partial charge < -0.3 is 14.1 Å². The SMILES string of the molecule is Cc1nc(-c2ccccc2C(F)(F)F)c(-c2cc(-c3cc(F)c(CO)c(S(C)(=O)=O)c3)ccc2-n2cc(C(F)(F)F)nc2C)o1. The summed E-state index contributed by atoms with van der Waals surface area (Å²) in [5.41, 5.74) is -3.33. The molecule has 7 nitrogen and oxygen atoms in total. The van der Waals surface area contributed by atoms with Crippen LogP contribution >= 0.6 is 0 Å². The van der Waals surface area contributed by atoms with Crippen molar-refractivity contribution >= 4 is 9.84 Å². The Kier molecular flexibility index (Phi) is 7.90. The van der Waals surface area contributed by atoms with Gasteiger partial charge in [0, 0.05) is 36.1 Å². The summed E-state index contributed by atoms with van der Waals surface area (Å²) in [5, 5.41) is 9.59. The minimum absolute atomic E-state index is 0.00285. The van der Waals surface area contributed by atoms with Gasteiger partial charge in [-0.05, 0) is 48.4 Å². The average molecular weight is 654 g/mol. The number of aryl methyl sites for hydroxylation is 2. The molecule has 5 aromatic rings. The van der Waals surface area contributed by atoms with Crippen LogP contribution in [0.4, 0.5) is 30.7 Å². The van der Waals surface area contributed by atoms with Crippen molar-refractivity contribution in [2.75, 3.05) is 6.26 Å². The van der Waals surface area contributed by atoms with E-state index in [0.29, 0.717) is 6.20 Å². The maximum atomic E-state index is 15.0. The normalized spacial score (nSPS) is 12.6. The van der Waals surface area contributed by atoms with Crippen LogP contribution in [0.5, 0.6) is 0 Å². The van der Waals surface area contributed by atoms with E-state index in [9.17, 15) is 39.9 Å². The van der Waals surface area contributed by atoms with Crippen molar-refractivity contribution in [3.05, 3.63) is 95.1 Å². The van der Waals surface area contributed by atoms with Crippen molar-refractivity contribution in [1.29, 1.82) is 0 Å². The highest BCUT2D eigenvalue weighted by molar-refractivity contribution is 7.90. The number of alkyl halides is 6. The third-order valence-electron chi connectivity index (χ3n) is 6.94. The maximum Gasteiger partial charge on any atom is 0.434 e. The predicted octanol–water partition coefficient (Wildman–Crippen LogP) is 7.55. The number of hydrogen-bond acceptors (Lipinski definition) is 6. The molecule has 0 aliphatic heterocycles. The van der Waals surface area contributed by atoms with Crippen LogP contribution in [-0.4, -0.2) is 34.3 Å². The molecular formula is C30H22F7N3O4S. The Morgan fingerprint density at radius 2 is 1.58 bits per heavy atom. The number of oxazole rings is 1. The molecule has 0 bridgehead atoms. The number of aliphatic hydroxyl groups is 1. The summed E-state index contributed by atoms with van der Waals surface area (Å²) < 4.78 is 130. The molecule has 0 saturated carbocycles. The highest BCUT2D eigenvalue weighted by Crippen LogP contribution is 2.44. The van der Waals surface area contributed by atoms with E-state index >= 15 is 4.39 Å². The number of halogens is 7. The first-order valence-electron chi connectivity index (χ1n) is 13.0. The van der Waals surface area contributed by atoms with Crippen LogP contribution in [-0.2, 0) is 28.8 Å². The zero-order chi connectivity index (χ0) is 33.1. The van der Waals surface area contributed by atoms with E-state index in [2.05, 4.69) is 9.97 Å². The van der Waals surface area contributed by atoms with Crippen LogP contribution < -0.4 is 0 Å². The maximum absolute atomic E-state index is 15.0. The smallest absolute Gasteiger partial charge is 0.434 e. The molecule has 0 aliphatic carbocycles. The third kappa shape index (κ3) is 6.09. The lowest BCUT2D eigenvalue weighted by Crippen LogP contribution is -2.07. The van der Waals surface area contributed by atoms with Gasteiger partial charge >= 0.3 is 12.4 Å². The van der Waals surface area contributed by atoms with E-state index in [1.807, 2.05) is 0 Å². The van der Waals surface area contributed by atoms with E-state index in [1.54, 1.807) is 0 Å². The van der Waals surface area contributed by atoms with E-state index in [0.717, 1.165) is 29.0 Å². The molecule has 2 aromatic heterocycles. The Bertz CT molecular complexity index is 2050. The monoisotopic (exact) mass is 653 g/mol. The summed E-state index contributed by atoms with van der Waals surface area (Å²) in [6.45, 7) is 1.75. The van der Waals surface area contributed by atoms with Crippen LogP contribution in [0.1, 0.15) is 28.5 Å². The van der Waals surface area contributed by atoms with Gasteiger partial charge in [0.15, 0.2) is 27.2 Å². The average Bonchev–Trinajstić information content (AvgIpc) is 3.54. The molecule has 3 aromatic carbocycles. The van der Waals surface area contributed by atoms with E-state index in [1.165, 1.54) is 50.2 Å². The van der Waals surface area contributed by atoms with Gasteiger partial charge in [0.1, 0.15) is 17.3 Å². The molecule has 0 spiro atoms. The number of sulfone groups is 1. The topological polar surface area (TPSA) is 98.2 Å². The molecule has 0 amide bonds. The molecule has 0 fully saturated rings. The summed E-state index contributed by atoms with van der Waals surface area (Å²) >= 11 is 0. The minimum atomic E-state index is -4.82. The zero-order valence-corrected chi connectivity index (χ0v) is 24.4. The van der Waals surface area contributed by atoms with Gasteiger partial charge in [-0.3, -0.25) is 0 Å². The Morgan fingerprint density at radius 3 is 2.18 bits per heavy atom. The second-order valence-electron chi connectivity index (χ2n) is 10.1. The van der Waals surface area contributed by atoms with Crippen molar-refractivity contribution in [1.82, 2.24) is 14.5 Å². The van der Waals surface area contributed by atoms with Gasteiger partial charge in [-0.15, -0.1) is 0 Å². The molecule has 2 heterocycles. The largest absolute Gasteiger partial charge is 0.440 e. The number of hydrogen-bond donors (Lipinski definition) is 1. The zero-order valence-electron chi connectivity index (χ0n) is 23.5. The summed E-state index contributed by atoms with van der Waals surface area (Å²) in [5.74, 6) is -1.48. The Labute approximate surface area is 251 Å². The molecule has 0 aliphatic rings. The molecular weight excluding hydrogens is 631 g/mol. The van der Waals surface area contributed by atoms with E-state index < -0.39 is 56.3 Å². The van der Waals surface area contributed by atoms with Gasteiger partial charge in [0.05, 0.1) is 22.8 Å². The number of benzene rings is 3. The second kappa shape index (κ2) is 11.1. The van der Waals surface area contributed by atoms with Crippen LogP contribution in [0.15, 0.2) is 70.1 Å².